The van der Waals surface area contributed by atoms with Gasteiger partial charge in [0.2, 0.25) is 11.8 Å². The first-order chi connectivity index (χ1) is 13.1. The summed E-state index contributed by atoms with van der Waals surface area (Å²) in [6.45, 7) is 1.25. The molecule has 1 fully saturated rings. The fourth-order valence-electron chi connectivity index (χ4n) is 4.91. The zero-order chi connectivity index (χ0) is 18.6. The van der Waals surface area contributed by atoms with Crippen molar-refractivity contribution in [3.05, 3.63) is 47.4 Å². The van der Waals surface area contributed by atoms with Crippen molar-refractivity contribution < 1.29 is 9.59 Å². The van der Waals surface area contributed by atoms with Crippen LogP contribution in [0, 0.1) is 0 Å². The molecule has 2 N–H and O–H groups in total. The molecule has 5 rings (SSSR count). The number of carbonyl (C=O) groups is 2. The zero-order valence-corrected chi connectivity index (χ0v) is 15.0. The molecule has 0 saturated carbocycles. The molecule has 1 atom stereocenters. The number of benzene rings is 1. The molecule has 2 aliphatic heterocycles. The van der Waals surface area contributed by atoms with E-state index >= 15 is 0 Å². The molecule has 3 aliphatic rings. The summed E-state index contributed by atoms with van der Waals surface area (Å²) in [5.41, 5.74) is 8.91. The summed E-state index contributed by atoms with van der Waals surface area (Å²) in [4.78, 5) is 37.6. The third kappa shape index (κ3) is 2.27. The van der Waals surface area contributed by atoms with Gasteiger partial charge in [0.25, 0.3) is 0 Å². The van der Waals surface area contributed by atoms with E-state index in [0.29, 0.717) is 13.0 Å². The third-order valence-corrected chi connectivity index (χ3v) is 6.10. The lowest BCUT2D eigenvalue weighted by Crippen LogP contribution is -2.45. The van der Waals surface area contributed by atoms with Gasteiger partial charge in [0.1, 0.15) is 18.7 Å². The van der Waals surface area contributed by atoms with E-state index in [1.165, 1.54) is 5.56 Å². The number of carbonyl (C=O) groups excluding carboxylic acids is 2. The topological polar surface area (TPSA) is 92.4 Å². The second kappa shape index (κ2) is 5.77. The molecule has 1 spiro atoms. The standard InChI is InChI=1S/C20H21N5O2/c21-17(26)10-25-16-7-2-1-5-14(16)20(19(25)27)8-9-24(11-20)18-13-4-3-6-15(13)22-12-23-18/h1-2,5,7,12H,3-4,6,8-11H2,(H2,21,26)/t20-/m1/s1. The first-order valence-electron chi connectivity index (χ1n) is 9.38. The van der Waals surface area contributed by atoms with E-state index in [4.69, 9.17) is 5.73 Å². The SMILES string of the molecule is NC(=O)CN1C(=O)[C@@]2(CCN(c3ncnc4c3CCC4)C2)c2ccccc21. The van der Waals surface area contributed by atoms with Crippen LogP contribution in [0.3, 0.4) is 0 Å². The van der Waals surface area contributed by atoms with Gasteiger partial charge in [-0.25, -0.2) is 9.97 Å². The lowest BCUT2D eigenvalue weighted by molar-refractivity contribution is -0.124. The number of rotatable bonds is 3. The molecular formula is C20H21N5O2. The van der Waals surface area contributed by atoms with E-state index in [-0.39, 0.29) is 12.5 Å². The molecular weight excluding hydrogens is 342 g/mol. The van der Waals surface area contributed by atoms with Crippen LogP contribution >= 0.6 is 0 Å². The number of nitrogens with zero attached hydrogens (tertiary/aromatic N) is 4. The highest BCUT2D eigenvalue weighted by Gasteiger charge is 2.55. The fourth-order valence-corrected chi connectivity index (χ4v) is 4.91. The van der Waals surface area contributed by atoms with Crippen LogP contribution in [0.15, 0.2) is 30.6 Å². The maximum Gasteiger partial charge on any atom is 0.240 e. The number of primary amides is 1. The lowest BCUT2D eigenvalue weighted by Gasteiger charge is -2.25. The van der Waals surface area contributed by atoms with Gasteiger partial charge < -0.3 is 15.5 Å². The molecule has 27 heavy (non-hydrogen) atoms. The first kappa shape index (κ1) is 16.2. The number of fused-ring (bicyclic) bond motifs is 3. The summed E-state index contributed by atoms with van der Waals surface area (Å²) in [5.74, 6) is 0.433. The highest BCUT2D eigenvalue weighted by atomic mass is 16.2. The molecule has 138 valence electrons. The number of amides is 2. The second-order valence-electron chi connectivity index (χ2n) is 7.60. The number of aryl methyl sites for hydroxylation is 1. The van der Waals surface area contributed by atoms with Crippen molar-refractivity contribution in [1.82, 2.24) is 9.97 Å². The van der Waals surface area contributed by atoms with Gasteiger partial charge in [-0.05, 0) is 37.3 Å². The predicted molar refractivity (Wildman–Crippen MR) is 101 cm³/mol. The normalized spacial score (nSPS) is 23.2. The van der Waals surface area contributed by atoms with Crippen LogP contribution < -0.4 is 15.5 Å². The van der Waals surface area contributed by atoms with Crippen LogP contribution in [0.1, 0.15) is 29.7 Å². The van der Waals surface area contributed by atoms with Gasteiger partial charge in [-0.15, -0.1) is 0 Å². The smallest absolute Gasteiger partial charge is 0.240 e. The molecule has 7 nitrogen and oxygen atoms in total. The van der Waals surface area contributed by atoms with Crippen LogP contribution in [0.25, 0.3) is 0 Å². The Labute approximate surface area is 157 Å². The summed E-state index contributed by atoms with van der Waals surface area (Å²) in [5, 5.41) is 0. The largest absolute Gasteiger partial charge is 0.368 e. The van der Waals surface area contributed by atoms with Crippen LogP contribution in [0.5, 0.6) is 0 Å². The zero-order valence-electron chi connectivity index (χ0n) is 15.0. The Balaban J connectivity index is 1.54. The lowest BCUT2D eigenvalue weighted by atomic mass is 9.81. The molecule has 2 amide bonds. The average molecular weight is 363 g/mol. The van der Waals surface area contributed by atoms with Crippen LogP contribution in [0.2, 0.25) is 0 Å². The Hall–Kier alpha value is -2.96. The molecule has 1 aromatic heterocycles. The Kier molecular flexibility index (Phi) is 3.47. The molecule has 7 heteroatoms. The number of anilines is 2. The third-order valence-electron chi connectivity index (χ3n) is 6.10. The van der Waals surface area contributed by atoms with Crippen molar-refractivity contribution in [2.75, 3.05) is 29.4 Å². The van der Waals surface area contributed by atoms with E-state index in [1.807, 2.05) is 24.3 Å². The van der Waals surface area contributed by atoms with E-state index in [9.17, 15) is 9.59 Å². The van der Waals surface area contributed by atoms with Crippen LogP contribution in [-0.2, 0) is 27.8 Å². The fraction of sp³-hybridized carbons (Fsp3) is 0.400. The number of aromatic nitrogens is 2. The quantitative estimate of drug-likeness (QED) is 0.876. The van der Waals surface area contributed by atoms with Gasteiger partial charge in [0.05, 0.1) is 5.41 Å². The monoisotopic (exact) mass is 363 g/mol. The molecule has 0 unspecified atom stereocenters. The highest BCUT2D eigenvalue weighted by Crippen LogP contribution is 2.48. The van der Waals surface area contributed by atoms with Gasteiger partial charge in [0, 0.05) is 30.0 Å². The number of hydrogen-bond acceptors (Lipinski definition) is 5. The van der Waals surface area contributed by atoms with Gasteiger partial charge in [-0.1, -0.05) is 18.2 Å². The molecule has 3 heterocycles. The first-order valence-corrected chi connectivity index (χ1v) is 9.38. The van der Waals surface area contributed by atoms with Crippen molar-refractivity contribution in [2.45, 2.75) is 31.1 Å². The van der Waals surface area contributed by atoms with Crippen molar-refractivity contribution in [3.8, 4) is 0 Å². The minimum absolute atomic E-state index is 0.0318. The molecule has 1 saturated heterocycles. The van der Waals surface area contributed by atoms with Gasteiger partial charge in [-0.3, -0.25) is 9.59 Å². The van der Waals surface area contributed by atoms with E-state index in [2.05, 4.69) is 14.9 Å². The highest BCUT2D eigenvalue weighted by molar-refractivity contribution is 6.11. The number of nitrogens with two attached hydrogens (primary N) is 1. The van der Waals surface area contributed by atoms with E-state index in [1.54, 1.807) is 11.2 Å². The minimum atomic E-state index is -0.636. The molecule has 1 aliphatic carbocycles. The minimum Gasteiger partial charge on any atom is -0.368 e. The molecule has 0 radical (unpaired) electrons. The molecule has 1 aromatic carbocycles. The van der Waals surface area contributed by atoms with Crippen LogP contribution in [0.4, 0.5) is 11.5 Å². The number of para-hydroxylation sites is 1. The summed E-state index contributed by atoms with van der Waals surface area (Å²) in [7, 11) is 0. The van der Waals surface area contributed by atoms with Crippen LogP contribution in [-0.4, -0.2) is 41.4 Å². The predicted octanol–water partition coefficient (Wildman–Crippen LogP) is 0.945. The van der Waals surface area contributed by atoms with Gasteiger partial charge in [-0.2, -0.15) is 0 Å². The van der Waals surface area contributed by atoms with E-state index < -0.39 is 11.3 Å². The summed E-state index contributed by atoms with van der Waals surface area (Å²) < 4.78 is 0. The Morgan fingerprint density at radius 1 is 1.22 bits per heavy atom. The summed E-state index contributed by atoms with van der Waals surface area (Å²) in [6, 6.07) is 7.74. The van der Waals surface area contributed by atoms with E-state index in [0.717, 1.165) is 48.6 Å². The second-order valence-corrected chi connectivity index (χ2v) is 7.60. The van der Waals surface area contributed by atoms with Crippen molar-refractivity contribution in [1.29, 1.82) is 0 Å². The number of hydrogen-bond donors (Lipinski definition) is 1. The van der Waals surface area contributed by atoms with Gasteiger partial charge in [0.15, 0.2) is 0 Å². The molecule has 0 bridgehead atoms. The molecule has 2 aromatic rings. The Morgan fingerprint density at radius 3 is 2.93 bits per heavy atom. The Morgan fingerprint density at radius 2 is 2.07 bits per heavy atom. The van der Waals surface area contributed by atoms with Crippen molar-refractivity contribution in [2.24, 2.45) is 5.73 Å². The Bertz CT molecular complexity index is 959. The maximum atomic E-state index is 13.4. The maximum absolute atomic E-state index is 13.4. The van der Waals surface area contributed by atoms with Crippen molar-refractivity contribution >= 4 is 23.3 Å². The summed E-state index contributed by atoms with van der Waals surface area (Å²) >= 11 is 0. The average Bonchev–Trinajstić information content (AvgIpc) is 3.37. The summed E-state index contributed by atoms with van der Waals surface area (Å²) in [6.07, 6.45) is 5.44. The van der Waals surface area contributed by atoms with Crippen molar-refractivity contribution in [3.63, 3.8) is 0 Å². The van der Waals surface area contributed by atoms with Gasteiger partial charge >= 0.3 is 0 Å².